The van der Waals surface area contributed by atoms with E-state index in [9.17, 15) is 0 Å². The molecule has 0 saturated carbocycles. The van der Waals surface area contributed by atoms with Crippen LogP contribution < -0.4 is 20.9 Å². The average molecular weight is 368 g/mol. The maximum Gasteiger partial charge on any atom is 0.129 e. The van der Waals surface area contributed by atoms with Gasteiger partial charge in [0.2, 0.25) is 0 Å². The molecule has 4 aromatic rings. The third-order valence-corrected chi connectivity index (χ3v) is 4.23. The summed E-state index contributed by atoms with van der Waals surface area (Å²) in [6.07, 6.45) is 0. The number of benzene rings is 4. The van der Waals surface area contributed by atoms with Gasteiger partial charge in [-0.1, -0.05) is 30.3 Å². The molecule has 0 aliphatic heterocycles. The Balaban J connectivity index is 1.50. The number of hydrogen-bond acceptors (Lipinski definition) is 4. The van der Waals surface area contributed by atoms with Crippen LogP contribution in [0.5, 0.6) is 23.0 Å². The first-order valence-electron chi connectivity index (χ1n) is 8.93. The molecule has 0 fully saturated rings. The molecular formula is C24H20N2O2. The topological polar surface area (TPSA) is 70.5 Å². The van der Waals surface area contributed by atoms with Crippen LogP contribution in [-0.2, 0) is 0 Å². The van der Waals surface area contributed by atoms with Crippen molar-refractivity contribution in [1.29, 1.82) is 0 Å². The molecule has 0 aromatic heterocycles. The minimum Gasteiger partial charge on any atom is -0.457 e. The molecule has 0 amide bonds. The molecule has 4 heteroatoms. The molecule has 138 valence electrons. The van der Waals surface area contributed by atoms with Gasteiger partial charge in [-0.15, -0.1) is 0 Å². The van der Waals surface area contributed by atoms with Crippen molar-refractivity contribution in [1.82, 2.24) is 0 Å². The molecule has 0 heterocycles. The van der Waals surface area contributed by atoms with Gasteiger partial charge in [-0.25, -0.2) is 0 Å². The lowest BCUT2D eigenvalue weighted by molar-refractivity contribution is 0.483. The molecule has 28 heavy (non-hydrogen) atoms. The van der Waals surface area contributed by atoms with Crippen LogP contribution in [-0.4, -0.2) is 0 Å². The van der Waals surface area contributed by atoms with Crippen LogP contribution in [0.2, 0.25) is 0 Å². The van der Waals surface area contributed by atoms with E-state index in [4.69, 9.17) is 20.9 Å². The van der Waals surface area contributed by atoms with Gasteiger partial charge >= 0.3 is 0 Å². The second-order valence-corrected chi connectivity index (χ2v) is 6.40. The van der Waals surface area contributed by atoms with Crippen LogP contribution in [0.25, 0.3) is 11.1 Å². The van der Waals surface area contributed by atoms with E-state index in [0.29, 0.717) is 17.1 Å². The molecule has 4 aromatic carbocycles. The Morgan fingerprint density at radius 2 is 1.00 bits per heavy atom. The molecule has 4 N–H and O–H groups in total. The fourth-order valence-electron chi connectivity index (χ4n) is 2.84. The van der Waals surface area contributed by atoms with E-state index in [-0.39, 0.29) is 0 Å². The molecule has 0 saturated heterocycles. The van der Waals surface area contributed by atoms with Gasteiger partial charge in [0.25, 0.3) is 0 Å². The first-order chi connectivity index (χ1) is 13.7. The SMILES string of the molecule is Nc1ccc(Oc2ccc(-c3cccc(Oc4cccc(N)c4)c3)cc2)cc1. The first-order valence-corrected chi connectivity index (χ1v) is 8.93. The Bertz CT molecular complexity index is 1070. The van der Waals surface area contributed by atoms with Gasteiger partial charge < -0.3 is 20.9 Å². The number of ether oxygens (including phenoxy) is 2. The highest BCUT2D eigenvalue weighted by Gasteiger charge is 2.04. The molecule has 0 aliphatic rings. The van der Waals surface area contributed by atoms with Crippen LogP contribution in [0.1, 0.15) is 0 Å². The van der Waals surface area contributed by atoms with Gasteiger partial charge in [0.15, 0.2) is 0 Å². The van der Waals surface area contributed by atoms with Crippen LogP contribution in [0.3, 0.4) is 0 Å². The zero-order chi connectivity index (χ0) is 19.3. The van der Waals surface area contributed by atoms with Crippen molar-refractivity contribution in [3.8, 4) is 34.1 Å². The standard InChI is InChI=1S/C24H20N2O2/c25-19-9-13-22(14-10-19)27-21-11-7-17(8-12-21)18-3-1-5-23(15-18)28-24-6-2-4-20(26)16-24/h1-16H,25-26H2. The van der Waals surface area contributed by atoms with Gasteiger partial charge in [0.05, 0.1) is 0 Å². The van der Waals surface area contributed by atoms with Crippen molar-refractivity contribution in [3.63, 3.8) is 0 Å². The minimum atomic E-state index is 0.672. The maximum absolute atomic E-state index is 5.92. The van der Waals surface area contributed by atoms with Crippen LogP contribution in [0.4, 0.5) is 11.4 Å². The molecule has 0 atom stereocenters. The van der Waals surface area contributed by atoms with Crippen molar-refractivity contribution in [3.05, 3.63) is 97.1 Å². The summed E-state index contributed by atoms with van der Waals surface area (Å²) in [7, 11) is 0. The summed E-state index contributed by atoms with van der Waals surface area (Å²) in [5.41, 5.74) is 15.0. The second-order valence-electron chi connectivity index (χ2n) is 6.40. The smallest absolute Gasteiger partial charge is 0.129 e. The molecule has 0 unspecified atom stereocenters. The van der Waals surface area contributed by atoms with Crippen molar-refractivity contribution in [2.45, 2.75) is 0 Å². The van der Waals surface area contributed by atoms with E-state index in [0.717, 1.165) is 28.4 Å². The minimum absolute atomic E-state index is 0.672. The molecule has 0 bridgehead atoms. The largest absolute Gasteiger partial charge is 0.457 e. The summed E-state index contributed by atoms with van der Waals surface area (Å²) in [4.78, 5) is 0. The summed E-state index contributed by atoms with van der Waals surface area (Å²) in [6, 6.07) is 30.6. The number of nitrogen functional groups attached to an aromatic ring is 2. The Morgan fingerprint density at radius 1 is 0.429 bits per heavy atom. The second kappa shape index (κ2) is 7.76. The quantitative estimate of drug-likeness (QED) is 0.417. The first kappa shape index (κ1) is 17.5. The van der Waals surface area contributed by atoms with E-state index >= 15 is 0 Å². The van der Waals surface area contributed by atoms with Crippen molar-refractivity contribution in [2.75, 3.05) is 11.5 Å². The zero-order valence-electron chi connectivity index (χ0n) is 15.2. The fourth-order valence-corrected chi connectivity index (χ4v) is 2.84. The Morgan fingerprint density at radius 3 is 1.68 bits per heavy atom. The Kier molecular flexibility index (Phi) is 4.85. The van der Waals surface area contributed by atoms with E-state index in [1.807, 2.05) is 91.0 Å². The fraction of sp³-hybridized carbons (Fsp3) is 0. The molecular weight excluding hydrogens is 348 g/mol. The molecule has 0 spiro atoms. The predicted molar refractivity (Wildman–Crippen MR) is 114 cm³/mol. The lowest BCUT2D eigenvalue weighted by Gasteiger charge is -2.10. The molecule has 0 radical (unpaired) electrons. The Hall–Kier alpha value is -3.92. The molecule has 0 aliphatic carbocycles. The summed E-state index contributed by atoms with van der Waals surface area (Å²) < 4.78 is 11.8. The predicted octanol–water partition coefficient (Wildman–Crippen LogP) is 6.10. The third-order valence-electron chi connectivity index (χ3n) is 4.23. The number of nitrogens with two attached hydrogens (primary N) is 2. The van der Waals surface area contributed by atoms with E-state index in [1.165, 1.54) is 0 Å². The van der Waals surface area contributed by atoms with Crippen molar-refractivity contribution >= 4 is 11.4 Å². The number of rotatable bonds is 5. The van der Waals surface area contributed by atoms with Crippen molar-refractivity contribution in [2.24, 2.45) is 0 Å². The Labute approximate surface area is 164 Å². The summed E-state index contributed by atoms with van der Waals surface area (Å²) in [5.74, 6) is 2.98. The van der Waals surface area contributed by atoms with Crippen LogP contribution in [0.15, 0.2) is 97.1 Å². The van der Waals surface area contributed by atoms with E-state index in [1.54, 1.807) is 6.07 Å². The third kappa shape index (κ3) is 4.24. The van der Waals surface area contributed by atoms with E-state index in [2.05, 4.69) is 0 Å². The van der Waals surface area contributed by atoms with Gasteiger partial charge in [0.1, 0.15) is 23.0 Å². The zero-order valence-corrected chi connectivity index (χ0v) is 15.2. The van der Waals surface area contributed by atoms with E-state index < -0.39 is 0 Å². The number of anilines is 2. The lowest BCUT2D eigenvalue weighted by atomic mass is 10.1. The summed E-state index contributed by atoms with van der Waals surface area (Å²) >= 11 is 0. The summed E-state index contributed by atoms with van der Waals surface area (Å²) in [6.45, 7) is 0. The lowest BCUT2D eigenvalue weighted by Crippen LogP contribution is -1.88. The monoisotopic (exact) mass is 368 g/mol. The van der Waals surface area contributed by atoms with Gasteiger partial charge in [-0.2, -0.15) is 0 Å². The van der Waals surface area contributed by atoms with Crippen molar-refractivity contribution < 1.29 is 9.47 Å². The van der Waals surface area contributed by atoms with Crippen LogP contribution >= 0.6 is 0 Å². The van der Waals surface area contributed by atoms with Gasteiger partial charge in [-0.3, -0.25) is 0 Å². The summed E-state index contributed by atoms with van der Waals surface area (Å²) in [5, 5.41) is 0. The molecule has 4 rings (SSSR count). The number of hydrogen-bond donors (Lipinski definition) is 2. The van der Waals surface area contributed by atoms with Gasteiger partial charge in [-0.05, 0) is 71.8 Å². The highest BCUT2D eigenvalue weighted by Crippen LogP contribution is 2.30. The average Bonchev–Trinajstić information content (AvgIpc) is 2.71. The van der Waals surface area contributed by atoms with Crippen LogP contribution in [0, 0.1) is 0 Å². The normalized spacial score (nSPS) is 10.4. The highest BCUT2D eigenvalue weighted by atomic mass is 16.5. The van der Waals surface area contributed by atoms with Gasteiger partial charge in [0, 0.05) is 17.4 Å². The molecule has 4 nitrogen and oxygen atoms in total. The maximum atomic E-state index is 5.92. The highest BCUT2D eigenvalue weighted by molar-refractivity contribution is 5.66.